The second-order valence-electron chi connectivity index (χ2n) is 3.36. The van der Waals surface area contributed by atoms with E-state index in [1.807, 2.05) is 30.3 Å². The van der Waals surface area contributed by atoms with E-state index in [4.69, 9.17) is 5.26 Å². The number of para-hydroxylation sites is 1. The summed E-state index contributed by atoms with van der Waals surface area (Å²) in [5.74, 6) is 0. The Morgan fingerprint density at radius 3 is 2.87 bits per heavy atom. The molecule has 3 rings (SSSR count). The summed E-state index contributed by atoms with van der Waals surface area (Å²) in [6, 6.07) is 11.8. The van der Waals surface area contributed by atoms with Crippen LogP contribution >= 0.6 is 0 Å². The van der Waals surface area contributed by atoms with Crippen LogP contribution in [0.25, 0.3) is 21.9 Å². The molecular weight excluding hydrogens is 186 g/mol. The molecule has 0 aliphatic rings. The van der Waals surface area contributed by atoms with Crippen LogP contribution in [0.1, 0.15) is 5.56 Å². The van der Waals surface area contributed by atoms with Crippen LogP contribution in [0, 0.1) is 11.3 Å². The van der Waals surface area contributed by atoms with Crippen molar-refractivity contribution in [1.29, 1.82) is 5.26 Å². The monoisotopic (exact) mass is 193 g/mol. The summed E-state index contributed by atoms with van der Waals surface area (Å²) in [6.07, 6.45) is 1.80. The summed E-state index contributed by atoms with van der Waals surface area (Å²) in [6.45, 7) is 0. The van der Waals surface area contributed by atoms with E-state index in [2.05, 4.69) is 16.0 Å². The SMILES string of the molecule is N#Cc1c2ccccc2nc2[nH]ccc12. The first kappa shape index (κ1) is 8.01. The summed E-state index contributed by atoms with van der Waals surface area (Å²) in [5.41, 5.74) is 2.31. The van der Waals surface area contributed by atoms with Crippen LogP contribution in [0.3, 0.4) is 0 Å². The molecule has 3 aromatic rings. The molecule has 0 saturated carbocycles. The Morgan fingerprint density at radius 2 is 2.00 bits per heavy atom. The Kier molecular flexibility index (Phi) is 1.51. The van der Waals surface area contributed by atoms with Crippen molar-refractivity contribution in [3.05, 3.63) is 42.1 Å². The quantitative estimate of drug-likeness (QED) is 0.596. The number of benzene rings is 1. The average Bonchev–Trinajstić information content (AvgIpc) is 2.73. The van der Waals surface area contributed by atoms with Crippen molar-refractivity contribution >= 4 is 21.9 Å². The average molecular weight is 193 g/mol. The smallest absolute Gasteiger partial charge is 0.139 e. The van der Waals surface area contributed by atoms with Crippen molar-refractivity contribution in [2.24, 2.45) is 0 Å². The fourth-order valence-corrected chi connectivity index (χ4v) is 1.82. The lowest BCUT2D eigenvalue weighted by molar-refractivity contribution is 1.37. The van der Waals surface area contributed by atoms with Gasteiger partial charge in [0.2, 0.25) is 0 Å². The molecule has 2 heterocycles. The number of aromatic nitrogens is 2. The maximum absolute atomic E-state index is 9.16. The van der Waals surface area contributed by atoms with Gasteiger partial charge in [-0.1, -0.05) is 18.2 Å². The third kappa shape index (κ3) is 1.02. The minimum Gasteiger partial charge on any atom is -0.346 e. The Labute approximate surface area is 86.0 Å². The van der Waals surface area contributed by atoms with Gasteiger partial charge in [0.1, 0.15) is 11.7 Å². The summed E-state index contributed by atoms with van der Waals surface area (Å²) in [5, 5.41) is 11.0. The highest BCUT2D eigenvalue weighted by Crippen LogP contribution is 2.24. The topological polar surface area (TPSA) is 52.5 Å². The number of pyridine rings is 1. The van der Waals surface area contributed by atoms with E-state index in [1.165, 1.54) is 0 Å². The predicted molar refractivity (Wildman–Crippen MR) is 58.3 cm³/mol. The van der Waals surface area contributed by atoms with Gasteiger partial charge in [-0.25, -0.2) is 4.98 Å². The number of nitrogens with one attached hydrogen (secondary N) is 1. The lowest BCUT2D eigenvalue weighted by atomic mass is 10.1. The molecule has 1 aromatic carbocycles. The van der Waals surface area contributed by atoms with Crippen molar-refractivity contribution in [3.63, 3.8) is 0 Å². The van der Waals surface area contributed by atoms with Gasteiger partial charge < -0.3 is 4.98 Å². The third-order valence-electron chi connectivity index (χ3n) is 2.51. The van der Waals surface area contributed by atoms with Gasteiger partial charge in [-0.15, -0.1) is 0 Å². The number of nitriles is 1. The molecule has 0 unspecified atom stereocenters. The van der Waals surface area contributed by atoms with Crippen LogP contribution in [-0.2, 0) is 0 Å². The normalized spacial score (nSPS) is 10.6. The molecule has 0 aliphatic carbocycles. The Bertz CT molecular complexity index is 689. The summed E-state index contributed by atoms with van der Waals surface area (Å²) in [7, 11) is 0. The van der Waals surface area contributed by atoms with Crippen LogP contribution in [0.15, 0.2) is 36.5 Å². The number of aromatic amines is 1. The second kappa shape index (κ2) is 2.82. The first-order valence-corrected chi connectivity index (χ1v) is 4.66. The lowest BCUT2D eigenvalue weighted by Gasteiger charge is -2.00. The Morgan fingerprint density at radius 1 is 1.13 bits per heavy atom. The molecule has 3 heteroatoms. The van der Waals surface area contributed by atoms with E-state index in [-0.39, 0.29) is 0 Å². The van der Waals surface area contributed by atoms with E-state index in [0.29, 0.717) is 5.56 Å². The van der Waals surface area contributed by atoms with Crippen molar-refractivity contribution in [2.75, 3.05) is 0 Å². The van der Waals surface area contributed by atoms with Crippen molar-refractivity contribution in [1.82, 2.24) is 9.97 Å². The highest BCUT2D eigenvalue weighted by Gasteiger charge is 2.07. The molecule has 3 nitrogen and oxygen atoms in total. The van der Waals surface area contributed by atoms with E-state index in [0.717, 1.165) is 21.9 Å². The van der Waals surface area contributed by atoms with Crippen molar-refractivity contribution in [3.8, 4) is 6.07 Å². The number of H-pyrrole nitrogens is 1. The van der Waals surface area contributed by atoms with Gasteiger partial charge in [0.15, 0.2) is 0 Å². The molecule has 0 bridgehead atoms. The highest BCUT2D eigenvalue weighted by atomic mass is 14.8. The Balaban J connectivity index is 2.65. The molecule has 0 spiro atoms. The van der Waals surface area contributed by atoms with E-state index in [9.17, 15) is 0 Å². The van der Waals surface area contributed by atoms with Crippen LogP contribution in [0.2, 0.25) is 0 Å². The van der Waals surface area contributed by atoms with Crippen molar-refractivity contribution < 1.29 is 0 Å². The van der Waals surface area contributed by atoms with Gasteiger partial charge in [0.25, 0.3) is 0 Å². The number of rotatable bonds is 0. The van der Waals surface area contributed by atoms with E-state index in [1.54, 1.807) is 6.20 Å². The molecule has 15 heavy (non-hydrogen) atoms. The van der Waals surface area contributed by atoms with Gasteiger partial charge in [-0.2, -0.15) is 5.26 Å². The zero-order valence-electron chi connectivity index (χ0n) is 7.86. The standard InChI is InChI=1S/C12H7N3/c13-7-10-8-3-1-2-4-11(8)15-12-9(10)5-6-14-12/h1-6H,(H,14,15). The van der Waals surface area contributed by atoms with Gasteiger partial charge in [0, 0.05) is 17.0 Å². The zero-order chi connectivity index (χ0) is 10.3. The maximum atomic E-state index is 9.16. The molecule has 70 valence electrons. The summed E-state index contributed by atoms with van der Waals surface area (Å²) < 4.78 is 0. The van der Waals surface area contributed by atoms with Crippen molar-refractivity contribution in [2.45, 2.75) is 0 Å². The number of hydrogen-bond donors (Lipinski definition) is 1. The fraction of sp³-hybridized carbons (Fsp3) is 0. The van der Waals surface area contributed by atoms with Crippen LogP contribution in [0.5, 0.6) is 0 Å². The number of hydrogen-bond acceptors (Lipinski definition) is 2. The molecule has 1 N–H and O–H groups in total. The zero-order valence-corrected chi connectivity index (χ0v) is 7.86. The molecule has 0 aliphatic heterocycles. The molecule has 0 atom stereocenters. The largest absolute Gasteiger partial charge is 0.346 e. The van der Waals surface area contributed by atoms with Crippen LogP contribution in [-0.4, -0.2) is 9.97 Å². The minimum absolute atomic E-state index is 0.692. The van der Waals surface area contributed by atoms with E-state index < -0.39 is 0 Å². The van der Waals surface area contributed by atoms with Gasteiger partial charge >= 0.3 is 0 Å². The van der Waals surface area contributed by atoms with Gasteiger partial charge in [0.05, 0.1) is 11.1 Å². The Hall–Kier alpha value is -2.34. The fourth-order valence-electron chi connectivity index (χ4n) is 1.82. The first-order chi connectivity index (χ1) is 7.40. The molecule has 0 amide bonds. The second-order valence-corrected chi connectivity index (χ2v) is 3.36. The van der Waals surface area contributed by atoms with E-state index >= 15 is 0 Å². The third-order valence-corrected chi connectivity index (χ3v) is 2.51. The molecular formula is C12H7N3. The maximum Gasteiger partial charge on any atom is 0.139 e. The van der Waals surface area contributed by atoms with Gasteiger partial charge in [-0.05, 0) is 12.1 Å². The molecule has 0 saturated heterocycles. The summed E-state index contributed by atoms with van der Waals surface area (Å²) >= 11 is 0. The molecule has 2 aromatic heterocycles. The molecule has 0 radical (unpaired) electrons. The predicted octanol–water partition coefficient (Wildman–Crippen LogP) is 2.59. The lowest BCUT2D eigenvalue weighted by Crippen LogP contribution is -1.86. The highest BCUT2D eigenvalue weighted by molar-refractivity contribution is 5.98. The summed E-state index contributed by atoms with van der Waals surface area (Å²) in [4.78, 5) is 7.46. The minimum atomic E-state index is 0.692. The van der Waals surface area contributed by atoms with Gasteiger partial charge in [-0.3, -0.25) is 0 Å². The number of fused-ring (bicyclic) bond motifs is 2. The number of nitrogens with zero attached hydrogens (tertiary/aromatic N) is 2. The first-order valence-electron chi connectivity index (χ1n) is 4.66. The molecule has 0 fully saturated rings. The van der Waals surface area contributed by atoms with Crippen LogP contribution < -0.4 is 0 Å². The van der Waals surface area contributed by atoms with Crippen LogP contribution in [0.4, 0.5) is 0 Å².